The molecule has 0 fully saturated rings. The number of carbonyl (C=O) groups is 1. The second-order valence-electron chi connectivity index (χ2n) is 8.29. The predicted molar refractivity (Wildman–Crippen MR) is 137 cm³/mol. The molecule has 7 heteroatoms. The minimum Gasteiger partial charge on any atom is -0.493 e. The van der Waals surface area contributed by atoms with E-state index in [9.17, 15) is 9.59 Å². The first-order chi connectivity index (χ1) is 17.0. The minimum atomic E-state index is -0.606. The maximum Gasteiger partial charge on any atom is 0.290 e. The van der Waals surface area contributed by atoms with E-state index in [4.69, 9.17) is 13.9 Å². The van der Waals surface area contributed by atoms with E-state index in [0.717, 1.165) is 15.6 Å². The first-order valence-corrected chi connectivity index (χ1v) is 12.2. The van der Waals surface area contributed by atoms with Crippen LogP contribution in [0.5, 0.6) is 11.5 Å². The van der Waals surface area contributed by atoms with Gasteiger partial charge in [-0.05, 0) is 54.8 Å². The summed E-state index contributed by atoms with van der Waals surface area (Å²) in [7, 11) is 1.57. The standard InChI is InChI=1S/C28H24BrNO5/c1-3-34-22-11-9-18(15-23(22)33-2)25-24-26(31)20-16-19(29)10-12-21(20)35-27(24)28(32)30(25)14-13-17-7-5-4-6-8-17/h4-12,15-16,25H,3,13-14H2,1-2H3. The van der Waals surface area contributed by atoms with Crippen molar-refractivity contribution in [2.24, 2.45) is 0 Å². The number of nitrogens with zero attached hydrogens (tertiary/aromatic N) is 1. The molecule has 2 heterocycles. The Labute approximate surface area is 211 Å². The van der Waals surface area contributed by atoms with Crippen molar-refractivity contribution in [3.8, 4) is 11.5 Å². The normalized spacial score (nSPS) is 14.9. The predicted octanol–water partition coefficient (Wildman–Crippen LogP) is 5.75. The molecule has 1 aliphatic heterocycles. The second kappa shape index (κ2) is 9.58. The number of ether oxygens (including phenoxy) is 2. The molecule has 0 radical (unpaired) electrons. The third-order valence-corrected chi connectivity index (χ3v) is 6.71. The Morgan fingerprint density at radius 1 is 1.00 bits per heavy atom. The van der Waals surface area contributed by atoms with Crippen molar-refractivity contribution in [2.75, 3.05) is 20.3 Å². The summed E-state index contributed by atoms with van der Waals surface area (Å²) < 4.78 is 18.0. The summed E-state index contributed by atoms with van der Waals surface area (Å²) >= 11 is 3.43. The number of fused-ring (bicyclic) bond motifs is 2. The van der Waals surface area contributed by atoms with Gasteiger partial charge in [0.15, 0.2) is 16.9 Å². The third-order valence-electron chi connectivity index (χ3n) is 6.22. The van der Waals surface area contributed by atoms with Gasteiger partial charge in [-0.1, -0.05) is 52.3 Å². The van der Waals surface area contributed by atoms with E-state index in [-0.39, 0.29) is 17.1 Å². The van der Waals surface area contributed by atoms with Crippen LogP contribution in [0.2, 0.25) is 0 Å². The second-order valence-corrected chi connectivity index (χ2v) is 9.21. The van der Waals surface area contributed by atoms with E-state index in [1.807, 2.05) is 55.5 Å². The maximum absolute atomic E-state index is 13.7. The summed E-state index contributed by atoms with van der Waals surface area (Å²) in [6.45, 7) is 2.82. The van der Waals surface area contributed by atoms with Gasteiger partial charge in [-0.15, -0.1) is 0 Å². The molecule has 0 N–H and O–H groups in total. The smallest absolute Gasteiger partial charge is 0.290 e. The molecule has 3 aromatic carbocycles. The number of carbonyl (C=O) groups excluding carboxylic acids is 1. The van der Waals surface area contributed by atoms with E-state index in [0.29, 0.717) is 47.6 Å². The molecule has 0 saturated heterocycles. The summed E-state index contributed by atoms with van der Waals surface area (Å²) in [6, 6.07) is 20.1. The Morgan fingerprint density at radius 3 is 2.54 bits per heavy atom. The van der Waals surface area contributed by atoms with Crippen molar-refractivity contribution in [1.29, 1.82) is 0 Å². The molecule has 1 atom stereocenters. The van der Waals surface area contributed by atoms with Crippen molar-refractivity contribution in [3.05, 3.63) is 104 Å². The number of halogens is 1. The van der Waals surface area contributed by atoms with Crippen molar-refractivity contribution in [1.82, 2.24) is 4.90 Å². The molecule has 178 valence electrons. The fourth-order valence-corrected chi connectivity index (χ4v) is 4.95. The topological polar surface area (TPSA) is 69.0 Å². The summed E-state index contributed by atoms with van der Waals surface area (Å²) in [6.07, 6.45) is 0.643. The van der Waals surface area contributed by atoms with Gasteiger partial charge in [0.1, 0.15) is 5.58 Å². The van der Waals surface area contributed by atoms with Gasteiger partial charge >= 0.3 is 0 Å². The van der Waals surface area contributed by atoms with Gasteiger partial charge in [0.2, 0.25) is 5.76 Å². The molecular weight excluding hydrogens is 510 g/mol. The molecule has 5 rings (SSSR count). The van der Waals surface area contributed by atoms with Gasteiger partial charge in [0, 0.05) is 11.0 Å². The van der Waals surface area contributed by atoms with Crippen LogP contribution in [-0.4, -0.2) is 31.1 Å². The quantitative estimate of drug-likeness (QED) is 0.302. The van der Waals surface area contributed by atoms with E-state index < -0.39 is 6.04 Å². The van der Waals surface area contributed by atoms with E-state index in [1.165, 1.54) is 0 Å². The third kappa shape index (κ3) is 4.21. The number of rotatable bonds is 7. The summed E-state index contributed by atoms with van der Waals surface area (Å²) in [5.74, 6) is 0.946. The summed E-state index contributed by atoms with van der Waals surface area (Å²) in [5.41, 5.74) is 2.38. The van der Waals surface area contributed by atoms with Crippen LogP contribution >= 0.6 is 15.9 Å². The molecule has 1 aromatic heterocycles. The van der Waals surface area contributed by atoms with Crippen LogP contribution in [-0.2, 0) is 6.42 Å². The average molecular weight is 534 g/mol. The molecule has 1 aliphatic rings. The lowest BCUT2D eigenvalue weighted by Crippen LogP contribution is -2.31. The Morgan fingerprint density at radius 2 is 1.80 bits per heavy atom. The highest BCUT2D eigenvalue weighted by atomic mass is 79.9. The SMILES string of the molecule is CCOc1ccc(C2c3c(oc4ccc(Br)cc4c3=O)C(=O)N2CCc2ccccc2)cc1OC. The van der Waals surface area contributed by atoms with Crippen molar-refractivity contribution in [3.63, 3.8) is 0 Å². The van der Waals surface area contributed by atoms with Crippen LogP contribution in [0.25, 0.3) is 11.0 Å². The maximum atomic E-state index is 13.7. The average Bonchev–Trinajstić information content (AvgIpc) is 3.16. The Balaban J connectivity index is 1.66. The Bertz CT molecular complexity index is 1460. The molecule has 0 aliphatic carbocycles. The molecule has 0 saturated carbocycles. The van der Waals surface area contributed by atoms with Crippen LogP contribution in [0, 0.1) is 0 Å². The fourth-order valence-electron chi connectivity index (χ4n) is 4.59. The molecule has 0 bridgehead atoms. The summed E-state index contributed by atoms with van der Waals surface area (Å²) in [5, 5.41) is 0.429. The molecular formula is C28H24BrNO5. The van der Waals surface area contributed by atoms with Gasteiger partial charge in [0.05, 0.1) is 30.7 Å². The van der Waals surface area contributed by atoms with Crippen molar-refractivity contribution >= 4 is 32.8 Å². The van der Waals surface area contributed by atoms with Crippen LogP contribution < -0.4 is 14.9 Å². The van der Waals surface area contributed by atoms with Gasteiger partial charge in [-0.3, -0.25) is 9.59 Å². The number of methoxy groups -OCH3 is 1. The monoisotopic (exact) mass is 533 g/mol. The first-order valence-electron chi connectivity index (χ1n) is 11.4. The number of amides is 1. The van der Waals surface area contributed by atoms with Crippen molar-refractivity contribution in [2.45, 2.75) is 19.4 Å². The molecule has 35 heavy (non-hydrogen) atoms. The highest BCUT2D eigenvalue weighted by molar-refractivity contribution is 9.10. The first kappa shape index (κ1) is 23.2. The van der Waals surface area contributed by atoms with Gasteiger partial charge in [0.25, 0.3) is 5.91 Å². The van der Waals surface area contributed by atoms with E-state index >= 15 is 0 Å². The van der Waals surface area contributed by atoms with E-state index in [1.54, 1.807) is 30.2 Å². The van der Waals surface area contributed by atoms with Crippen molar-refractivity contribution < 1.29 is 18.7 Å². The van der Waals surface area contributed by atoms with Gasteiger partial charge < -0.3 is 18.8 Å². The Kier molecular flexibility index (Phi) is 6.34. The highest BCUT2D eigenvalue weighted by Crippen LogP contribution is 2.41. The fraction of sp³-hybridized carbons (Fsp3) is 0.214. The van der Waals surface area contributed by atoms with Crippen LogP contribution in [0.3, 0.4) is 0 Å². The molecule has 4 aromatic rings. The summed E-state index contributed by atoms with van der Waals surface area (Å²) in [4.78, 5) is 29.1. The zero-order chi connectivity index (χ0) is 24.5. The zero-order valence-corrected chi connectivity index (χ0v) is 21.0. The van der Waals surface area contributed by atoms with Crippen LogP contribution in [0.15, 0.2) is 80.4 Å². The minimum absolute atomic E-state index is 0.0933. The zero-order valence-electron chi connectivity index (χ0n) is 19.4. The Hall–Kier alpha value is -3.58. The molecule has 6 nitrogen and oxygen atoms in total. The van der Waals surface area contributed by atoms with Gasteiger partial charge in [-0.25, -0.2) is 0 Å². The lowest BCUT2D eigenvalue weighted by molar-refractivity contribution is 0.0730. The van der Waals surface area contributed by atoms with Crippen LogP contribution in [0.1, 0.15) is 40.2 Å². The number of benzene rings is 3. The largest absolute Gasteiger partial charge is 0.493 e. The lowest BCUT2D eigenvalue weighted by atomic mass is 9.97. The molecule has 0 spiro atoms. The van der Waals surface area contributed by atoms with Gasteiger partial charge in [-0.2, -0.15) is 0 Å². The highest BCUT2D eigenvalue weighted by Gasteiger charge is 2.42. The van der Waals surface area contributed by atoms with Crippen LogP contribution in [0.4, 0.5) is 0 Å². The lowest BCUT2D eigenvalue weighted by Gasteiger charge is -2.26. The number of hydrogen-bond acceptors (Lipinski definition) is 5. The molecule has 1 unspecified atom stereocenters. The molecule has 1 amide bonds. The number of hydrogen-bond donors (Lipinski definition) is 0. The van der Waals surface area contributed by atoms with E-state index in [2.05, 4.69) is 15.9 Å².